The van der Waals surface area contributed by atoms with E-state index in [1.165, 1.54) is 0 Å². The Morgan fingerprint density at radius 3 is 2.78 bits per heavy atom. The van der Waals surface area contributed by atoms with E-state index in [1.807, 2.05) is 13.1 Å². The minimum atomic E-state index is -0.359. The molecule has 1 aliphatic rings. The highest BCUT2D eigenvalue weighted by atomic mass is 16.6. The standard InChI is InChI=1S/C12H17N3O3/c1-13-9-10-8-11(15(16)17)2-3-12(10)14-4-6-18-7-5-14/h2-3,8,13H,4-7,9H2,1H3. The van der Waals surface area contributed by atoms with Crippen molar-refractivity contribution in [1.29, 1.82) is 0 Å². The monoisotopic (exact) mass is 251 g/mol. The molecule has 6 heteroatoms. The molecule has 0 bridgehead atoms. The third-order valence-corrected chi connectivity index (χ3v) is 2.99. The zero-order valence-electron chi connectivity index (χ0n) is 10.4. The summed E-state index contributed by atoms with van der Waals surface area (Å²) in [4.78, 5) is 12.6. The van der Waals surface area contributed by atoms with Crippen LogP contribution >= 0.6 is 0 Å². The minimum Gasteiger partial charge on any atom is -0.378 e. The van der Waals surface area contributed by atoms with Crippen molar-refractivity contribution in [2.45, 2.75) is 6.54 Å². The lowest BCUT2D eigenvalue weighted by Gasteiger charge is -2.30. The molecule has 1 N–H and O–H groups in total. The number of benzene rings is 1. The lowest BCUT2D eigenvalue weighted by Crippen LogP contribution is -2.37. The van der Waals surface area contributed by atoms with E-state index in [1.54, 1.807) is 12.1 Å². The Labute approximate surface area is 106 Å². The molecule has 0 saturated carbocycles. The van der Waals surface area contributed by atoms with Crippen molar-refractivity contribution < 1.29 is 9.66 Å². The van der Waals surface area contributed by atoms with Crippen LogP contribution < -0.4 is 10.2 Å². The Balaban J connectivity index is 2.29. The van der Waals surface area contributed by atoms with Crippen molar-refractivity contribution in [2.75, 3.05) is 38.3 Å². The summed E-state index contributed by atoms with van der Waals surface area (Å²) in [5, 5.41) is 13.8. The van der Waals surface area contributed by atoms with Crippen LogP contribution in [0.25, 0.3) is 0 Å². The third-order valence-electron chi connectivity index (χ3n) is 2.99. The van der Waals surface area contributed by atoms with Crippen LogP contribution in [0.2, 0.25) is 0 Å². The highest BCUT2D eigenvalue weighted by Crippen LogP contribution is 2.26. The van der Waals surface area contributed by atoms with E-state index in [-0.39, 0.29) is 10.6 Å². The summed E-state index contributed by atoms with van der Waals surface area (Å²) in [6.07, 6.45) is 0. The zero-order chi connectivity index (χ0) is 13.0. The summed E-state index contributed by atoms with van der Waals surface area (Å²) in [7, 11) is 1.84. The summed E-state index contributed by atoms with van der Waals surface area (Å²) < 4.78 is 5.32. The second-order valence-corrected chi connectivity index (χ2v) is 4.20. The smallest absolute Gasteiger partial charge is 0.269 e. The maximum atomic E-state index is 10.8. The Morgan fingerprint density at radius 1 is 1.44 bits per heavy atom. The molecule has 6 nitrogen and oxygen atoms in total. The number of morpholine rings is 1. The molecular formula is C12H17N3O3. The van der Waals surface area contributed by atoms with Crippen LogP contribution in [0.15, 0.2) is 18.2 Å². The van der Waals surface area contributed by atoms with Crippen LogP contribution in [0.1, 0.15) is 5.56 Å². The lowest BCUT2D eigenvalue weighted by molar-refractivity contribution is -0.384. The molecule has 0 atom stereocenters. The Kier molecular flexibility index (Phi) is 4.11. The fourth-order valence-electron chi connectivity index (χ4n) is 2.13. The molecule has 0 radical (unpaired) electrons. The molecule has 0 aliphatic carbocycles. The van der Waals surface area contributed by atoms with Crippen LogP contribution in [0.5, 0.6) is 0 Å². The number of non-ortho nitro benzene ring substituents is 1. The van der Waals surface area contributed by atoms with Crippen molar-refractivity contribution >= 4 is 11.4 Å². The van der Waals surface area contributed by atoms with Crippen LogP contribution in [-0.4, -0.2) is 38.3 Å². The quantitative estimate of drug-likeness (QED) is 0.642. The van der Waals surface area contributed by atoms with Gasteiger partial charge in [0.25, 0.3) is 5.69 Å². The number of nitrogens with one attached hydrogen (secondary N) is 1. The van der Waals surface area contributed by atoms with Crippen LogP contribution in [0.3, 0.4) is 0 Å². The van der Waals surface area contributed by atoms with E-state index >= 15 is 0 Å². The van der Waals surface area contributed by atoms with Gasteiger partial charge in [-0.05, 0) is 18.7 Å². The first kappa shape index (κ1) is 12.8. The number of hydrogen-bond donors (Lipinski definition) is 1. The van der Waals surface area contributed by atoms with E-state index in [2.05, 4.69) is 10.2 Å². The number of nitro benzene ring substituents is 1. The van der Waals surface area contributed by atoms with Crippen LogP contribution in [-0.2, 0) is 11.3 Å². The van der Waals surface area contributed by atoms with Crippen LogP contribution in [0.4, 0.5) is 11.4 Å². The molecular weight excluding hydrogens is 234 g/mol. The molecule has 0 aromatic heterocycles. The number of rotatable bonds is 4. The van der Waals surface area contributed by atoms with Crippen molar-refractivity contribution in [3.63, 3.8) is 0 Å². The molecule has 1 aliphatic heterocycles. The molecule has 1 heterocycles. The fourth-order valence-corrected chi connectivity index (χ4v) is 2.13. The van der Waals surface area contributed by atoms with Gasteiger partial charge < -0.3 is 15.0 Å². The second kappa shape index (κ2) is 5.79. The minimum absolute atomic E-state index is 0.136. The van der Waals surface area contributed by atoms with Crippen molar-refractivity contribution in [3.8, 4) is 0 Å². The molecule has 1 saturated heterocycles. The Hall–Kier alpha value is -1.66. The molecule has 1 aromatic carbocycles. The lowest BCUT2D eigenvalue weighted by atomic mass is 10.1. The van der Waals surface area contributed by atoms with Gasteiger partial charge >= 0.3 is 0 Å². The van der Waals surface area contributed by atoms with Crippen molar-refractivity contribution in [1.82, 2.24) is 5.32 Å². The Bertz CT molecular complexity index is 431. The highest BCUT2D eigenvalue weighted by molar-refractivity contribution is 5.58. The van der Waals surface area contributed by atoms with Gasteiger partial charge in [0.15, 0.2) is 0 Å². The number of ether oxygens (including phenoxy) is 1. The fraction of sp³-hybridized carbons (Fsp3) is 0.500. The molecule has 0 spiro atoms. The Morgan fingerprint density at radius 2 is 2.17 bits per heavy atom. The number of nitro groups is 1. The largest absolute Gasteiger partial charge is 0.378 e. The first-order chi connectivity index (χ1) is 8.72. The number of hydrogen-bond acceptors (Lipinski definition) is 5. The van der Waals surface area contributed by atoms with Gasteiger partial charge in [-0.25, -0.2) is 0 Å². The van der Waals surface area contributed by atoms with Gasteiger partial charge in [-0.1, -0.05) is 0 Å². The first-order valence-corrected chi connectivity index (χ1v) is 5.97. The molecule has 1 aromatic rings. The highest BCUT2D eigenvalue weighted by Gasteiger charge is 2.17. The predicted molar refractivity (Wildman–Crippen MR) is 68.9 cm³/mol. The summed E-state index contributed by atoms with van der Waals surface area (Å²) >= 11 is 0. The topological polar surface area (TPSA) is 67.6 Å². The summed E-state index contributed by atoms with van der Waals surface area (Å²) in [5.41, 5.74) is 2.14. The van der Waals surface area contributed by atoms with Crippen LogP contribution in [0, 0.1) is 10.1 Å². The molecule has 2 rings (SSSR count). The van der Waals surface area contributed by atoms with E-state index in [0.717, 1.165) is 24.3 Å². The van der Waals surface area contributed by atoms with Gasteiger partial charge in [0.1, 0.15) is 0 Å². The zero-order valence-corrected chi connectivity index (χ0v) is 10.4. The van der Waals surface area contributed by atoms with Crippen molar-refractivity contribution in [3.05, 3.63) is 33.9 Å². The molecule has 0 amide bonds. The molecule has 1 fully saturated rings. The van der Waals surface area contributed by atoms with Gasteiger partial charge in [0, 0.05) is 37.5 Å². The molecule has 98 valence electrons. The normalized spacial score (nSPS) is 15.7. The van der Waals surface area contributed by atoms with E-state index in [0.29, 0.717) is 19.8 Å². The van der Waals surface area contributed by atoms with Gasteiger partial charge in [0.2, 0.25) is 0 Å². The average molecular weight is 251 g/mol. The second-order valence-electron chi connectivity index (χ2n) is 4.20. The van der Waals surface area contributed by atoms with Crippen molar-refractivity contribution in [2.24, 2.45) is 0 Å². The summed E-state index contributed by atoms with van der Waals surface area (Å²) in [5.74, 6) is 0. The first-order valence-electron chi connectivity index (χ1n) is 5.97. The van der Waals surface area contributed by atoms with E-state index in [9.17, 15) is 10.1 Å². The average Bonchev–Trinajstić information content (AvgIpc) is 2.40. The summed E-state index contributed by atoms with van der Waals surface area (Å²) in [6, 6.07) is 5.03. The van der Waals surface area contributed by atoms with E-state index < -0.39 is 0 Å². The van der Waals surface area contributed by atoms with Gasteiger partial charge in [-0.3, -0.25) is 10.1 Å². The predicted octanol–water partition coefficient (Wildman–Crippen LogP) is 1.15. The van der Waals surface area contributed by atoms with Gasteiger partial charge in [-0.15, -0.1) is 0 Å². The molecule has 18 heavy (non-hydrogen) atoms. The van der Waals surface area contributed by atoms with E-state index in [4.69, 9.17) is 4.74 Å². The number of anilines is 1. The van der Waals surface area contributed by atoms with Gasteiger partial charge in [-0.2, -0.15) is 0 Å². The van der Waals surface area contributed by atoms with Gasteiger partial charge in [0.05, 0.1) is 18.1 Å². The third kappa shape index (κ3) is 2.77. The SMILES string of the molecule is CNCc1cc([N+](=O)[O-])ccc1N1CCOCC1. The number of nitrogens with zero attached hydrogens (tertiary/aromatic N) is 2. The maximum absolute atomic E-state index is 10.8. The molecule has 0 unspecified atom stereocenters. The summed E-state index contributed by atoms with van der Waals surface area (Å²) in [6.45, 7) is 3.68. The maximum Gasteiger partial charge on any atom is 0.269 e.